The van der Waals surface area contributed by atoms with Crippen molar-refractivity contribution in [1.82, 2.24) is 10.6 Å². The van der Waals surface area contributed by atoms with E-state index in [0.717, 1.165) is 19.3 Å². The molecule has 0 unspecified atom stereocenters. The van der Waals surface area contributed by atoms with Gasteiger partial charge >= 0.3 is 6.03 Å². The monoisotopic (exact) mass is 180 g/mol. The molecule has 70 valence electrons. The molecule has 0 aromatic rings. The van der Waals surface area contributed by atoms with Crippen LogP contribution in [0.3, 0.4) is 0 Å². The topological polar surface area (TPSA) is 58.2 Å². The molecule has 3 amide bonds. The standard InChI is InChI=1S/C9H12N2O2/c12-7-9(11-8(13)10-7)4-5-1-2-6(9)3-5/h5-6H,1-4H2,(H2,10,11,12,13)/t5-,6-,9-/m1/s1. The van der Waals surface area contributed by atoms with Crippen molar-refractivity contribution in [3.05, 3.63) is 0 Å². The molecule has 2 N–H and O–H groups in total. The summed E-state index contributed by atoms with van der Waals surface area (Å²) in [7, 11) is 0. The molecule has 2 bridgehead atoms. The Morgan fingerprint density at radius 2 is 2.15 bits per heavy atom. The fourth-order valence-electron chi connectivity index (χ4n) is 3.27. The van der Waals surface area contributed by atoms with Crippen LogP contribution in [-0.2, 0) is 4.79 Å². The van der Waals surface area contributed by atoms with E-state index >= 15 is 0 Å². The summed E-state index contributed by atoms with van der Waals surface area (Å²) in [4.78, 5) is 22.7. The number of rotatable bonds is 0. The molecule has 4 heteroatoms. The molecule has 0 aromatic carbocycles. The highest BCUT2D eigenvalue weighted by Crippen LogP contribution is 2.51. The number of hydrogen-bond donors (Lipinski definition) is 2. The molecule has 3 fully saturated rings. The third-order valence-electron chi connectivity index (χ3n) is 3.82. The van der Waals surface area contributed by atoms with E-state index in [1.54, 1.807) is 0 Å². The Labute approximate surface area is 76.1 Å². The largest absolute Gasteiger partial charge is 0.323 e. The van der Waals surface area contributed by atoms with Crippen LogP contribution in [0.2, 0.25) is 0 Å². The molecule has 2 saturated carbocycles. The minimum Gasteiger partial charge on any atom is -0.323 e. The lowest BCUT2D eigenvalue weighted by Gasteiger charge is -2.30. The second-order valence-electron chi connectivity index (χ2n) is 4.46. The van der Waals surface area contributed by atoms with E-state index in [-0.39, 0.29) is 11.9 Å². The van der Waals surface area contributed by atoms with Crippen LogP contribution in [0.5, 0.6) is 0 Å². The van der Waals surface area contributed by atoms with Gasteiger partial charge in [0.2, 0.25) is 0 Å². The van der Waals surface area contributed by atoms with E-state index in [2.05, 4.69) is 10.6 Å². The van der Waals surface area contributed by atoms with Crippen molar-refractivity contribution >= 4 is 11.9 Å². The summed E-state index contributed by atoms with van der Waals surface area (Å²) in [6.07, 6.45) is 4.30. The van der Waals surface area contributed by atoms with Gasteiger partial charge in [0.15, 0.2) is 0 Å². The van der Waals surface area contributed by atoms with Gasteiger partial charge in [0.25, 0.3) is 5.91 Å². The average Bonchev–Trinajstić information content (AvgIpc) is 2.68. The minimum absolute atomic E-state index is 0.0929. The van der Waals surface area contributed by atoms with Crippen LogP contribution < -0.4 is 10.6 Å². The maximum atomic E-state index is 11.6. The van der Waals surface area contributed by atoms with Gasteiger partial charge in [-0.2, -0.15) is 0 Å². The molecule has 3 atom stereocenters. The molecular weight excluding hydrogens is 168 g/mol. The lowest BCUT2D eigenvalue weighted by atomic mass is 9.81. The molecule has 0 radical (unpaired) electrons. The Bertz CT molecular complexity index is 302. The summed E-state index contributed by atoms with van der Waals surface area (Å²) in [5, 5.41) is 5.16. The minimum atomic E-state index is -0.514. The molecule has 0 aromatic heterocycles. The maximum Gasteiger partial charge on any atom is 0.322 e. The van der Waals surface area contributed by atoms with Crippen molar-refractivity contribution in [3.63, 3.8) is 0 Å². The Morgan fingerprint density at radius 3 is 2.62 bits per heavy atom. The first-order valence-electron chi connectivity index (χ1n) is 4.84. The summed E-state index contributed by atoms with van der Waals surface area (Å²) < 4.78 is 0. The highest BCUT2D eigenvalue weighted by molar-refractivity contribution is 6.07. The van der Waals surface area contributed by atoms with E-state index < -0.39 is 5.54 Å². The third kappa shape index (κ3) is 0.759. The van der Waals surface area contributed by atoms with Gasteiger partial charge in [-0.05, 0) is 37.5 Å². The number of urea groups is 1. The van der Waals surface area contributed by atoms with Crippen LogP contribution in [0.1, 0.15) is 25.7 Å². The lowest BCUT2D eigenvalue weighted by molar-refractivity contribution is -0.125. The first-order valence-corrected chi connectivity index (χ1v) is 4.84. The van der Waals surface area contributed by atoms with Gasteiger partial charge in [-0.15, -0.1) is 0 Å². The van der Waals surface area contributed by atoms with Crippen molar-refractivity contribution in [2.75, 3.05) is 0 Å². The maximum absolute atomic E-state index is 11.6. The molecule has 1 heterocycles. The number of carbonyl (C=O) groups is 2. The Morgan fingerprint density at radius 1 is 1.31 bits per heavy atom. The number of carbonyl (C=O) groups excluding carboxylic acids is 2. The van der Waals surface area contributed by atoms with E-state index in [4.69, 9.17) is 0 Å². The number of hydrogen-bond acceptors (Lipinski definition) is 2. The summed E-state index contributed by atoms with van der Waals surface area (Å²) in [6.45, 7) is 0. The van der Waals surface area contributed by atoms with Crippen molar-refractivity contribution in [1.29, 1.82) is 0 Å². The van der Waals surface area contributed by atoms with Crippen molar-refractivity contribution in [2.24, 2.45) is 11.8 Å². The molecule has 13 heavy (non-hydrogen) atoms. The fraction of sp³-hybridized carbons (Fsp3) is 0.778. The van der Waals surface area contributed by atoms with E-state index in [0.29, 0.717) is 11.8 Å². The Kier molecular flexibility index (Phi) is 1.16. The molecule has 1 saturated heterocycles. The quantitative estimate of drug-likeness (QED) is 0.530. The highest BCUT2D eigenvalue weighted by Gasteiger charge is 2.59. The van der Waals surface area contributed by atoms with Crippen molar-refractivity contribution < 1.29 is 9.59 Å². The first kappa shape index (κ1) is 7.35. The average molecular weight is 180 g/mol. The van der Waals surface area contributed by atoms with Crippen LogP contribution in [0.25, 0.3) is 0 Å². The first-order chi connectivity index (χ1) is 6.21. The molecule has 1 aliphatic heterocycles. The zero-order chi connectivity index (χ0) is 9.05. The predicted molar refractivity (Wildman–Crippen MR) is 44.9 cm³/mol. The smallest absolute Gasteiger partial charge is 0.322 e. The van der Waals surface area contributed by atoms with Crippen molar-refractivity contribution in [3.8, 4) is 0 Å². The Hall–Kier alpha value is -1.06. The fourth-order valence-corrected chi connectivity index (χ4v) is 3.27. The molecule has 1 spiro atoms. The lowest BCUT2D eigenvalue weighted by Crippen LogP contribution is -2.51. The number of imide groups is 1. The molecule has 4 nitrogen and oxygen atoms in total. The van der Waals surface area contributed by atoms with E-state index in [9.17, 15) is 9.59 Å². The molecule has 3 rings (SSSR count). The summed E-state index contributed by atoms with van der Waals surface area (Å²) in [5.74, 6) is 0.961. The van der Waals surface area contributed by atoms with Gasteiger partial charge in [-0.1, -0.05) is 0 Å². The second kappa shape index (κ2) is 2.05. The zero-order valence-electron chi connectivity index (χ0n) is 7.30. The molecular formula is C9H12N2O2. The predicted octanol–water partition coefficient (Wildman–Crippen LogP) is 0.385. The summed E-state index contributed by atoms with van der Waals surface area (Å²) in [6, 6.07) is -0.308. The van der Waals surface area contributed by atoms with E-state index in [1.165, 1.54) is 6.42 Å². The highest BCUT2D eigenvalue weighted by atomic mass is 16.2. The third-order valence-corrected chi connectivity index (χ3v) is 3.82. The van der Waals surface area contributed by atoms with Gasteiger partial charge in [-0.3, -0.25) is 10.1 Å². The van der Waals surface area contributed by atoms with Gasteiger partial charge < -0.3 is 5.32 Å². The van der Waals surface area contributed by atoms with Gasteiger partial charge in [0, 0.05) is 0 Å². The van der Waals surface area contributed by atoms with Crippen LogP contribution >= 0.6 is 0 Å². The van der Waals surface area contributed by atoms with E-state index in [1.807, 2.05) is 0 Å². The van der Waals surface area contributed by atoms with Crippen LogP contribution in [0.15, 0.2) is 0 Å². The number of amides is 3. The Balaban J connectivity index is 1.98. The SMILES string of the molecule is O=C1NC(=O)[C@]2(C[C@@H]3CC[C@@H]2C3)N1. The summed E-state index contributed by atoms with van der Waals surface area (Å²) in [5.41, 5.74) is -0.514. The van der Waals surface area contributed by atoms with Gasteiger partial charge in [-0.25, -0.2) is 4.79 Å². The second-order valence-corrected chi connectivity index (χ2v) is 4.46. The van der Waals surface area contributed by atoms with Crippen LogP contribution in [-0.4, -0.2) is 17.5 Å². The van der Waals surface area contributed by atoms with Crippen LogP contribution in [0, 0.1) is 11.8 Å². The van der Waals surface area contributed by atoms with Crippen molar-refractivity contribution in [2.45, 2.75) is 31.2 Å². The number of fused-ring (bicyclic) bond motifs is 3. The van der Waals surface area contributed by atoms with Crippen LogP contribution in [0.4, 0.5) is 4.79 Å². The van der Waals surface area contributed by atoms with Gasteiger partial charge in [0.05, 0.1) is 0 Å². The van der Waals surface area contributed by atoms with Gasteiger partial charge in [0.1, 0.15) is 5.54 Å². The summed E-state index contributed by atoms with van der Waals surface area (Å²) >= 11 is 0. The number of nitrogens with one attached hydrogen (secondary N) is 2. The molecule has 3 aliphatic rings. The zero-order valence-corrected chi connectivity index (χ0v) is 7.30. The normalized spacial score (nSPS) is 47.1. The molecule has 2 aliphatic carbocycles.